The molecule has 240 valence electrons. The van der Waals surface area contributed by atoms with Gasteiger partial charge in [0, 0.05) is 38.0 Å². The largest absolute Gasteiger partial charge is 0.509 e. The lowest BCUT2D eigenvalue weighted by Crippen LogP contribution is -2.60. The van der Waals surface area contributed by atoms with Crippen LogP contribution >= 0.6 is 0 Å². The number of sulfonamides is 1. The van der Waals surface area contributed by atoms with Crippen molar-refractivity contribution in [3.05, 3.63) is 94.8 Å². The molecule has 2 N–H and O–H groups in total. The van der Waals surface area contributed by atoms with Crippen LogP contribution in [0.4, 0.5) is 27.6 Å². The summed E-state index contributed by atoms with van der Waals surface area (Å²) in [6.45, 7) is 2.41. The van der Waals surface area contributed by atoms with E-state index in [0.717, 1.165) is 27.5 Å². The van der Waals surface area contributed by atoms with Crippen LogP contribution in [0.2, 0.25) is 0 Å². The Morgan fingerprint density at radius 1 is 1.02 bits per heavy atom. The zero-order valence-electron chi connectivity index (χ0n) is 24.7. The van der Waals surface area contributed by atoms with Crippen LogP contribution in [-0.2, 0) is 32.3 Å². The topological polar surface area (TPSA) is 110 Å². The van der Waals surface area contributed by atoms with Gasteiger partial charge in [0.1, 0.15) is 11.3 Å². The third-order valence-electron chi connectivity index (χ3n) is 7.55. The summed E-state index contributed by atoms with van der Waals surface area (Å²) in [6.07, 6.45) is -4.77. The van der Waals surface area contributed by atoms with Gasteiger partial charge in [-0.25, -0.2) is 26.5 Å². The van der Waals surface area contributed by atoms with Crippen molar-refractivity contribution in [2.24, 2.45) is 0 Å². The van der Waals surface area contributed by atoms with Gasteiger partial charge in [-0.3, -0.25) is 14.6 Å². The number of rotatable bonds is 7. The minimum atomic E-state index is -4.77. The third kappa shape index (κ3) is 6.28. The normalized spacial score (nSPS) is 16.0. The van der Waals surface area contributed by atoms with Gasteiger partial charge >= 0.3 is 6.18 Å². The Morgan fingerprint density at radius 2 is 1.64 bits per heavy atom. The summed E-state index contributed by atoms with van der Waals surface area (Å²) in [7, 11) is 0.174. The summed E-state index contributed by atoms with van der Waals surface area (Å²) >= 11 is 0. The first-order valence-electron chi connectivity index (χ1n) is 13.3. The molecule has 0 aliphatic carbocycles. The smallest absolute Gasteiger partial charge is 0.416 e. The molecule has 0 radical (unpaired) electrons. The lowest BCUT2D eigenvalue weighted by Gasteiger charge is -2.46. The molecular weight excluding hydrogens is 623 g/mol. The summed E-state index contributed by atoms with van der Waals surface area (Å²) < 4.78 is 95.3. The van der Waals surface area contributed by atoms with E-state index in [-0.39, 0.29) is 27.3 Å². The number of alkyl halides is 3. The molecule has 3 aromatic carbocycles. The first-order chi connectivity index (χ1) is 20.8. The number of carbonyl (C=O) groups excluding carboxylic acids is 2. The van der Waals surface area contributed by atoms with Crippen LogP contribution < -0.4 is 5.32 Å². The molecule has 15 heteroatoms. The van der Waals surface area contributed by atoms with Crippen LogP contribution in [-0.4, -0.2) is 66.3 Å². The molecule has 0 atom stereocenters. The minimum Gasteiger partial charge on any atom is -0.509 e. The minimum absolute atomic E-state index is 0.102. The summed E-state index contributed by atoms with van der Waals surface area (Å²) in [5.74, 6) is -5.30. The van der Waals surface area contributed by atoms with Crippen molar-refractivity contribution < 1.29 is 45.1 Å². The summed E-state index contributed by atoms with van der Waals surface area (Å²) in [5.41, 5.74) is -3.71. The number of aliphatic hydroxyl groups excluding tert-OH is 1. The number of carbonyl (C=O) groups is 2. The SMILES string of the molecule is CN1N(Cc2cccc(F)c2F)C(=O)C(C(=O)Nc2ccc(C(F)(F)F)cc2-c2ccc(S(=O)(=O)N(C)C)cc2)=C(O)C1(C)C. The number of benzene rings is 3. The van der Waals surface area contributed by atoms with Crippen LogP contribution in [0, 0.1) is 11.6 Å². The number of hydrogen-bond donors (Lipinski definition) is 2. The third-order valence-corrected chi connectivity index (χ3v) is 9.38. The molecule has 3 aromatic rings. The van der Waals surface area contributed by atoms with Gasteiger partial charge in [0.25, 0.3) is 11.8 Å². The van der Waals surface area contributed by atoms with E-state index in [1.807, 2.05) is 0 Å². The Morgan fingerprint density at radius 3 is 2.22 bits per heavy atom. The van der Waals surface area contributed by atoms with Crippen molar-refractivity contribution in [1.29, 1.82) is 0 Å². The Hall–Kier alpha value is -4.34. The predicted octanol–water partition coefficient (Wildman–Crippen LogP) is 5.32. The molecule has 0 saturated heterocycles. The number of anilines is 1. The van der Waals surface area contributed by atoms with Gasteiger partial charge in [-0.2, -0.15) is 13.2 Å². The second-order valence-electron chi connectivity index (χ2n) is 10.9. The number of halogens is 5. The Balaban J connectivity index is 1.76. The predicted molar refractivity (Wildman–Crippen MR) is 155 cm³/mol. The summed E-state index contributed by atoms with van der Waals surface area (Å²) in [5, 5.41) is 15.6. The molecule has 1 aliphatic heterocycles. The zero-order valence-corrected chi connectivity index (χ0v) is 25.5. The Bertz CT molecular complexity index is 1810. The van der Waals surface area contributed by atoms with Crippen molar-refractivity contribution in [3.8, 4) is 11.1 Å². The lowest BCUT2D eigenvalue weighted by atomic mass is 9.93. The first-order valence-corrected chi connectivity index (χ1v) is 14.7. The number of hydrogen-bond acceptors (Lipinski definition) is 6. The van der Waals surface area contributed by atoms with Gasteiger partial charge in [0.2, 0.25) is 10.0 Å². The fraction of sp³-hybridized carbons (Fsp3) is 0.267. The van der Waals surface area contributed by atoms with E-state index in [0.29, 0.717) is 6.07 Å². The molecule has 1 aliphatic rings. The fourth-order valence-electron chi connectivity index (χ4n) is 4.61. The van der Waals surface area contributed by atoms with Crippen LogP contribution in [0.5, 0.6) is 0 Å². The van der Waals surface area contributed by atoms with Gasteiger partial charge in [-0.05, 0) is 55.8 Å². The zero-order chi connectivity index (χ0) is 33.6. The Labute approximate surface area is 256 Å². The van der Waals surface area contributed by atoms with Crippen molar-refractivity contribution >= 4 is 27.5 Å². The van der Waals surface area contributed by atoms with Crippen LogP contribution in [0.3, 0.4) is 0 Å². The second-order valence-corrected chi connectivity index (χ2v) is 13.1. The molecule has 2 amide bonds. The molecule has 4 rings (SSSR count). The second kappa shape index (κ2) is 11.9. The van der Waals surface area contributed by atoms with Crippen LogP contribution in [0.1, 0.15) is 25.0 Å². The van der Waals surface area contributed by atoms with Crippen molar-refractivity contribution in [1.82, 2.24) is 14.3 Å². The average molecular weight is 653 g/mol. The molecule has 45 heavy (non-hydrogen) atoms. The molecule has 0 aromatic heterocycles. The van der Waals surface area contributed by atoms with Crippen molar-refractivity contribution in [2.75, 3.05) is 26.5 Å². The van der Waals surface area contributed by atoms with E-state index >= 15 is 0 Å². The quantitative estimate of drug-likeness (QED) is 0.264. The van der Waals surface area contributed by atoms with E-state index in [1.165, 1.54) is 76.4 Å². The Kier molecular flexibility index (Phi) is 8.85. The van der Waals surface area contributed by atoms with E-state index in [2.05, 4.69) is 5.32 Å². The van der Waals surface area contributed by atoms with Crippen LogP contribution in [0.15, 0.2) is 76.9 Å². The number of amides is 2. The average Bonchev–Trinajstić information content (AvgIpc) is 2.96. The number of aliphatic hydroxyl groups is 1. The van der Waals surface area contributed by atoms with Gasteiger partial charge in [0.15, 0.2) is 11.6 Å². The maximum Gasteiger partial charge on any atom is 0.416 e. The van der Waals surface area contributed by atoms with Crippen molar-refractivity contribution in [2.45, 2.75) is 37.0 Å². The van der Waals surface area contributed by atoms with E-state index in [1.54, 1.807) is 0 Å². The summed E-state index contributed by atoms with van der Waals surface area (Å²) in [6, 6.07) is 10.7. The molecule has 0 fully saturated rings. The van der Waals surface area contributed by atoms with E-state index in [9.17, 15) is 45.1 Å². The molecule has 0 bridgehead atoms. The number of hydrazine groups is 1. The molecule has 9 nitrogen and oxygen atoms in total. The summed E-state index contributed by atoms with van der Waals surface area (Å²) in [4.78, 5) is 27.0. The highest BCUT2D eigenvalue weighted by atomic mass is 32.2. The highest BCUT2D eigenvalue weighted by molar-refractivity contribution is 7.89. The van der Waals surface area contributed by atoms with Gasteiger partial charge in [0.05, 0.1) is 22.5 Å². The monoisotopic (exact) mass is 652 g/mol. The maximum atomic E-state index is 14.5. The number of nitrogens with zero attached hydrogens (tertiary/aromatic N) is 3. The van der Waals surface area contributed by atoms with Crippen molar-refractivity contribution in [3.63, 3.8) is 0 Å². The molecule has 0 saturated carbocycles. The first kappa shape index (κ1) is 33.6. The maximum absolute atomic E-state index is 14.5. The molecule has 0 unspecified atom stereocenters. The standard InChI is InChI=1S/C30H29F5N4O5S/c1-29(2)26(40)24(28(42)39(38(29)5)16-18-7-6-8-22(31)25(18)32)27(41)36-23-14-11-19(30(33,34)35)15-21(23)17-9-12-20(13-10-17)45(43,44)37(3)4/h6-15,40H,16H2,1-5H3,(H,36,41). The molecular formula is C30H29F5N4O5S. The number of nitrogens with one attached hydrogen (secondary N) is 1. The van der Waals surface area contributed by atoms with Crippen LogP contribution in [0.25, 0.3) is 11.1 Å². The fourth-order valence-corrected chi connectivity index (χ4v) is 5.51. The lowest BCUT2D eigenvalue weighted by molar-refractivity contribution is -0.160. The highest BCUT2D eigenvalue weighted by Gasteiger charge is 2.46. The van der Waals surface area contributed by atoms with Gasteiger partial charge in [-0.1, -0.05) is 24.3 Å². The molecule has 0 spiro atoms. The van der Waals surface area contributed by atoms with Gasteiger partial charge < -0.3 is 10.4 Å². The van der Waals surface area contributed by atoms with E-state index in [4.69, 9.17) is 0 Å². The number of likely N-dealkylation sites (N-methyl/N-ethyl adjacent to an activating group) is 1. The highest BCUT2D eigenvalue weighted by Crippen LogP contribution is 2.38. The van der Waals surface area contributed by atoms with E-state index < -0.39 is 68.6 Å². The molecule has 1 heterocycles. The van der Waals surface area contributed by atoms with Gasteiger partial charge in [-0.15, -0.1) is 0 Å².